The van der Waals surface area contributed by atoms with Crippen LogP contribution in [0.2, 0.25) is 0 Å². The molecule has 23 heavy (non-hydrogen) atoms. The predicted molar refractivity (Wildman–Crippen MR) is 88.0 cm³/mol. The Morgan fingerprint density at radius 3 is 3.13 bits per heavy atom. The van der Waals surface area contributed by atoms with Crippen LogP contribution in [0.5, 0.6) is 0 Å². The number of hydrogen-bond donors (Lipinski definition) is 1. The fraction of sp³-hybridized carbons (Fsp3) is 0.250. The molecular weight excluding hydrogens is 310 g/mol. The Kier molecular flexibility index (Phi) is 3.72. The minimum atomic E-state index is -0.0585. The molecule has 6 nitrogen and oxygen atoms in total. The van der Waals surface area contributed by atoms with Crippen molar-refractivity contribution in [2.45, 2.75) is 19.5 Å². The van der Waals surface area contributed by atoms with Crippen molar-refractivity contribution < 1.29 is 0 Å². The Bertz CT molecular complexity index is 860. The number of rotatable bonds is 3. The van der Waals surface area contributed by atoms with E-state index in [0.717, 1.165) is 42.0 Å². The predicted octanol–water partition coefficient (Wildman–Crippen LogP) is 1.85. The molecule has 0 bridgehead atoms. The summed E-state index contributed by atoms with van der Waals surface area (Å²) in [5, 5.41) is 2.05. The van der Waals surface area contributed by atoms with Gasteiger partial charge in [0.25, 0.3) is 5.56 Å². The van der Waals surface area contributed by atoms with Gasteiger partial charge in [-0.1, -0.05) is 0 Å². The van der Waals surface area contributed by atoms with Crippen LogP contribution in [0, 0.1) is 0 Å². The van der Waals surface area contributed by atoms with Crippen LogP contribution in [0.4, 0.5) is 0 Å². The molecule has 0 radical (unpaired) electrons. The second-order valence-corrected chi connectivity index (χ2v) is 6.24. The van der Waals surface area contributed by atoms with Crippen molar-refractivity contribution in [2.75, 3.05) is 6.54 Å². The summed E-state index contributed by atoms with van der Waals surface area (Å²) < 4.78 is 0. The topological polar surface area (TPSA) is 74.8 Å². The van der Waals surface area contributed by atoms with Gasteiger partial charge in [-0.05, 0) is 12.1 Å². The van der Waals surface area contributed by atoms with Crippen molar-refractivity contribution in [3.8, 4) is 11.4 Å². The molecule has 0 aliphatic carbocycles. The first-order valence-electron chi connectivity index (χ1n) is 7.41. The van der Waals surface area contributed by atoms with Gasteiger partial charge < -0.3 is 4.98 Å². The third kappa shape index (κ3) is 2.93. The maximum atomic E-state index is 12.4. The summed E-state index contributed by atoms with van der Waals surface area (Å²) in [6.45, 7) is 2.27. The molecule has 7 heteroatoms. The van der Waals surface area contributed by atoms with Crippen molar-refractivity contribution in [3.63, 3.8) is 0 Å². The Morgan fingerprint density at radius 1 is 1.39 bits per heavy atom. The van der Waals surface area contributed by atoms with Crippen LogP contribution in [0.3, 0.4) is 0 Å². The van der Waals surface area contributed by atoms with E-state index in [4.69, 9.17) is 0 Å². The van der Waals surface area contributed by atoms with E-state index in [1.165, 1.54) is 0 Å². The highest BCUT2D eigenvalue weighted by Gasteiger charge is 2.21. The molecule has 3 aromatic rings. The summed E-state index contributed by atoms with van der Waals surface area (Å²) in [5.74, 6) is 0.592. The second-order valence-electron chi connectivity index (χ2n) is 5.52. The van der Waals surface area contributed by atoms with Crippen molar-refractivity contribution in [3.05, 3.63) is 62.7 Å². The Labute approximate surface area is 136 Å². The van der Waals surface area contributed by atoms with E-state index < -0.39 is 0 Å². The monoisotopic (exact) mass is 325 g/mol. The molecule has 0 saturated carbocycles. The number of nitrogens with zero attached hydrogens (tertiary/aromatic N) is 4. The molecule has 1 aliphatic rings. The minimum Gasteiger partial charge on any atom is -0.306 e. The van der Waals surface area contributed by atoms with Crippen LogP contribution in [0.15, 0.2) is 40.2 Å². The quantitative estimate of drug-likeness (QED) is 0.795. The van der Waals surface area contributed by atoms with Gasteiger partial charge in [0.2, 0.25) is 0 Å². The van der Waals surface area contributed by atoms with E-state index in [2.05, 4.69) is 24.8 Å². The smallest absolute Gasteiger partial charge is 0.255 e. The molecule has 3 aromatic heterocycles. The largest absolute Gasteiger partial charge is 0.306 e. The molecule has 0 unspecified atom stereocenters. The lowest BCUT2D eigenvalue weighted by molar-refractivity contribution is 0.239. The zero-order valence-electron chi connectivity index (χ0n) is 12.4. The fourth-order valence-corrected chi connectivity index (χ4v) is 3.35. The van der Waals surface area contributed by atoms with E-state index in [-0.39, 0.29) is 5.56 Å². The number of H-pyrrole nitrogens is 1. The summed E-state index contributed by atoms with van der Waals surface area (Å²) >= 11 is 1.59. The summed E-state index contributed by atoms with van der Waals surface area (Å²) in [5.41, 5.74) is 5.31. The van der Waals surface area contributed by atoms with Crippen molar-refractivity contribution in [1.82, 2.24) is 24.8 Å². The maximum absolute atomic E-state index is 12.4. The lowest BCUT2D eigenvalue weighted by Crippen LogP contribution is -2.35. The Hall–Kier alpha value is -2.38. The SMILES string of the molecule is O=c1[nH]c(-c2cccnc2)nc2c1CN(Cc1cscn1)CC2. The number of pyridine rings is 1. The van der Waals surface area contributed by atoms with Crippen LogP contribution in [0.25, 0.3) is 11.4 Å². The number of aromatic nitrogens is 4. The first-order chi connectivity index (χ1) is 11.3. The molecule has 0 saturated heterocycles. The first kappa shape index (κ1) is 14.2. The van der Waals surface area contributed by atoms with Crippen LogP contribution < -0.4 is 5.56 Å². The van der Waals surface area contributed by atoms with Gasteiger partial charge in [0.05, 0.1) is 22.5 Å². The molecule has 0 fully saturated rings. The second kappa shape index (κ2) is 6.02. The Balaban J connectivity index is 1.62. The van der Waals surface area contributed by atoms with Crippen molar-refractivity contribution >= 4 is 11.3 Å². The number of nitrogens with one attached hydrogen (secondary N) is 1. The fourth-order valence-electron chi connectivity index (χ4n) is 2.80. The average Bonchev–Trinajstić information content (AvgIpc) is 3.09. The summed E-state index contributed by atoms with van der Waals surface area (Å²) in [6, 6.07) is 3.74. The molecule has 0 spiro atoms. The minimum absolute atomic E-state index is 0.0585. The molecular formula is C16H15N5OS. The lowest BCUT2D eigenvalue weighted by Gasteiger charge is -2.27. The third-order valence-electron chi connectivity index (χ3n) is 3.95. The maximum Gasteiger partial charge on any atom is 0.255 e. The van der Waals surface area contributed by atoms with Gasteiger partial charge in [-0.2, -0.15) is 0 Å². The van der Waals surface area contributed by atoms with Crippen LogP contribution >= 0.6 is 11.3 Å². The standard InChI is InChI=1S/C16H15N5OS/c22-16-13-8-21(7-12-9-23-10-18-12)5-3-14(13)19-15(20-16)11-2-1-4-17-6-11/h1-2,4,6,9-10H,3,5,7-8H2,(H,19,20,22). The van der Waals surface area contributed by atoms with Crippen molar-refractivity contribution in [2.24, 2.45) is 0 Å². The lowest BCUT2D eigenvalue weighted by atomic mass is 10.1. The highest BCUT2D eigenvalue weighted by atomic mass is 32.1. The normalized spacial score (nSPS) is 14.6. The molecule has 1 aliphatic heterocycles. The van der Waals surface area contributed by atoms with E-state index >= 15 is 0 Å². The molecule has 4 rings (SSSR count). The molecule has 0 aromatic carbocycles. The van der Waals surface area contributed by atoms with Gasteiger partial charge in [0.1, 0.15) is 5.82 Å². The van der Waals surface area contributed by atoms with Gasteiger partial charge in [-0.3, -0.25) is 14.7 Å². The first-order valence-corrected chi connectivity index (χ1v) is 8.36. The number of hydrogen-bond acceptors (Lipinski definition) is 6. The Morgan fingerprint density at radius 2 is 2.35 bits per heavy atom. The van der Waals surface area contributed by atoms with Gasteiger partial charge in [-0.15, -0.1) is 11.3 Å². The number of fused-ring (bicyclic) bond motifs is 1. The highest BCUT2D eigenvalue weighted by Crippen LogP contribution is 2.19. The van der Waals surface area contributed by atoms with Gasteiger partial charge >= 0.3 is 0 Å². The van der Waals surface area contributed by atoms with Crippen LogP contribution in [0.1, 0.15) is 17.0 Å². The summed E-state index contributed by atoms with van der Waals surface area (Å²) in [6.07, 6.45) is 4.19. The zero-order chi connectivity index (χ0) is 15.6. The van der Waals surface area contributed by atoms with Gasteiger partial charge in [0.15, 0.2) is 0 Å². The van der Waals surface area contributed by atoms with E-state index in [1.54, 1.807) is 23.7 Å². The molecule has 4 heterocycles. The summed E-state index contributed by atoms with van der Waals surface area (Å²) in [7, 11) is 0. The molecule has 0 atom stereocenters. The molecule has 116 valence electrons. The van der Waals surface area contributed by atoms with E-state index in [1.807, 2.05) is 23.0 Å². The van der Waals surface area contributed by atoms with Crippen molar-refractivity contribution in [1.29, 1.82) is 0 Å². The van der Waals surface area contributed by atoms with Gasteiger partial charge in [-0.25, -0.2) is 9.97 Å². The van der Waals surface area contributed by atoms with E-state index in [0.29, 0.717) is 12.4 Å². The van der Waals surface area contributed by atoms with Gasteiger partial charge in [0, 0.05) is 49.4 Å². The number of thiazole rings is 1. The van der Waals surface area contributed by atoms with Crippen LogP contribution in [-0.2, 0) is 19.5 Å². The number of aromatic amines is 1. The summed E-state index contributed by atoms with van der Waals surface area (Å²) in [4.78, 5) is 30.6. The molecule has 0 amide bonds. The van der Waals surface area contributed by atoms with Crippen LogP contribution in [-0.4, -0.2) is 31.4 Å². The zero-order valence-corrected chi connectivity index (χ0v) is 13.2. The average molecular weight is 325 g/mol. The molecule has 1 N–H and O–H groups in total. The van der Waals surface area contributed by atoms with E-state index in [9.17, 15) is 4.79 Å². The highest BCUT2D eigenvalue weighted by molar-refractivity contribution is 7.07. The third-order valence-corrected chi connectivity index (χ3v) is 4.59.